The number of alkyl halides is 3. The van der Waals surface area contributed by atoms with E-state index in [0.717, 1.165) is 24.0 Å². The van der Waals surface area contributed by atoms with Crippen molar-refractivity contribution in [3.05, 3.63) is 29.3 Å². The van der Waals surface area contributed by atoms with Gasteiger partial charge in [0.2, 0.25) is 0 Å². The minimum Gasteiger partial charge on any atom is -0.406 e. The molecule has 0 unspecified atom stereocenters. The van der Waals surface area contributed by atoms with Gasteiger partial charge in [-0.2, -0.15) is 0 Å². The highest BCUT2D eigenvalue weighted by Crippen LogP contribution is 2.25. The third-order valence-corrected chi connectivity index (χ3v) is 2.47. The number of benzene rings is 1. The van der Waals surface area contributed by atoms with Gasteiger partial charge < -0.3 is 10.5 Å². The van der Waals surface area contributed by atoms with Gasteiger partial charge in [-0.25, -0.2) is 0 Å². The van der Waals surface area contributed by atoms with Crippen molar-refractivity contribution < 1.29 is 17.9 Å². The average molecular weight is 261 g/mol. The van der Waals surface area contributed by atoms with Crippen LogP contribution < -0.4 is 10.5 Å². The first-order chi connectivity index (χ1) is 8.26. The molecule has 0 saturated carbocycles. The van der Waals surface area contributed by atoms with E-state index in [0.29, 0.717) is 6.42 Å². The van der Waals surface area contributed by atoms with E-state index in [-0.39, 0.29) is 11.8 Å². The molecule has 5 heteroatoms. The minimum atomic E-state index is -4.64. The second-order valence-electron chi connectivity index (χ2n) is 4.57. The molecule has 1 aromatic carbocycles. The number of halogens is 3. The molecule has 1 rings (SSSR count). The maximum Gasteiger partial charge on any atom is 0.573 e. The molecular weight excluding hydrogens is 243 g/mol. The van der Waals surface area contributed by atoms with Crippen LogP contribution in [0.15, 0.2) is 18.2 Å². The van der Waals surface area contributed by atoms with Crippen molar-refractivity contribution in [3.8, 4) is 5.75 Å². The fourth-order valence-corrected chi connectivity index (χ4v) is 1.79. The van der Waals surface area contributed by atoms with Crippen LogP contribution >= 0.6 is 0 Å². The molecule has 1 atom stereocenters. The molecule has 2 N–H and O–H groups in total. The van der Waals surface area contributed by atoms with Crippen molar-refractivity contribution in [2.45, 2.75) is 45.5 Å². The second kappa shape index (κ2) is 6.09. The fraction of sp³-hybridized carbons (Fsp3) is 0.538. The number of rotatable bonds is 5. The van der Waals surface area contributed by atoms with Crippen LogP contribution in [0.4, 0.5) is 13.2 Å². The van der Waals surface area contributed by atoms with Crippen LogP contribution in [-0.2, 0) is 6.42 Å². The Morgan fingerprint density at radius 2 is 1.94 bits per heavy atom. The Morgan fingerprint density at radius 1 is 1.28 bits per heavy atom. The highest BCUT2D eigenvalue weighted by Gasteiger charge is 2.31. The van der Waals surface area contributed by atoms with Crippen molar-refractivity contribution in [1.82, 2.24) is 0 Å². The van der Waals surface area contributed by atoms with Gasteiger partial charge in [-0.05, 0) is 56.4 Å². The van der Waals surface area contributed by atoms with Gasteiger partial charge in [0.1, 0.15) is 5.75 Å². The summed E-state index contributed by atoms with van der Waals surface area (Å²) in [6, 6.07) is 4.79. The lowest BCUT2D eigenvalue weighted by Crippen LogP contribution is -2.17. The molecule has 0 radical (unpaired) electrons. The van der Waals surface area contributed by atoms with Crippen molar-refractivity contribution >= 4 is 0 Å². The lowest BCUT2D eigenvalue weighted by atomic mass is 10.0. The Hall–Kier alpha value is -1.23. The number of aryl methyl sites for hydroxylation is 2. The van der Waals surface area contributed by atoms with E-state index in [1.807, 2.05) is 13.0 Å². The fourth-order valence-electron chi connectivity index (χ4n) is 1.79. The predicted octanol–water partition coefficient (Wildman–Crippen LogP) is 3.56. The molecule has 102 valence electrons. The van der Waals surface area contributed by atoms with Gasteiger partial charge in [0, 0.05) is 6.04 Å². The zero-order chi connectivity index (χ0) is 13.8. The Bertz CT molecular complexity index is 388. The summed E-state index contributed by atoms with van der Waals surface area (Å²) >= 11 is 0. The molecule has 0 heterocycles. The van der Waals surface area contributed by atoms with Crippen LogP contribution in [0.25, 0.3) is 0 Å². The van der Waals surface area contributed by atoms with Crippen LogP contribution in [0.2, 0.25) is 0 Å². The molecule has 0 aliphatic heterocycles. The van der Waals surface area contributed by atoms with Crippen molar-refractivity contribution in [2.75, 3.05) is 0 Å². The highest BCUT2D eigenvalue weighted by atomic mass is 19.4. The maximum absolute atomic E-state index is 12.1. The summed E-state index contributed by atoms with van der Waals surface area (Å²) in [5, 5.41) is 0. The first-order valence-electron chi connectivity index (χ1n) is 5.88. The van der Waals surface area contributed by atoms with E-state index in [4.69, 9.17) is 5.73 Å². The quantitative estimate of drug-likeness (QED) is 0.879. The number of nitrogens with two attached hydrogens (primary N) is 1. The SMILES string of the molecule is Cc1cc(CCC[C@H](C)N)cc(OC(F)(F)F)c1. The molecule has 0 aromatic heterocycles. The van der Waals surface area contributed by atoms with Gasteiger partial charge in [-0.3, -0.25) is 0 Å². The molecule has 1 aromatic rings. The van der Waals surface area contributed by atoms with E-state index in [9.17, 15) is 13.2 Å². The van der Waals surface area contributed by atoms with E-state index >= 15 is 0 Å². The largest absolute Gasteiger partial charge is 0.573 e. The van der Waals surface area contributed by atoms with Gasteiger partial charge in [-0.1, -0.05) is 6.07 Å². The summed E-state index contributed by atoms with van der Waals surface area (Å²) < 4.78 is 40.3. The standard InChI is InChI=1S/C13H18F3NO/c1-9-6-11(5-3-4-10(2)17)8-12(7-9)18-13(14,15)16/h6-8,10H,3-5,17H2,1-2H3/t10-/m0/s1. The Balaban J connectivity index is 2.69. The molecule has 2 nitrogen and oxygen atoms in total. The lowest BCUT2D eigenvalue weighted by Gasteiger charge is -2.12. The van der Waals surface area contributed by atoms with E-state index < -0.39 is 6.36 Å². The Morgan fingerprint density at radius 3 is 2.50 bits per heavy atom. The summed E-state index contributed by atoms with van der Waals surface area (Å²) in [6.07, 6.45) is -2.23. The average Bonchev–Trinajstić information content (AvgIpc) is 2.12. The van der Waals surface area contributed by atoms with Crippen molar-refractivity contribution in [1.29, 1.82) is 0 Å². The van der Waals surface area contributed by atoms with Crippen LogP contribution in [0.5, 0.6) is 5.75 Å². The Labute approximate surface area is 105 Å². The molecule has 0 amide bonds. The normalized spacial score (nSPS) is 13.4. The first-order valence-corrected chi connectivity index (χ1v) is 5.88. The monoisotopic (exact) mass is 261 g/mol. The number of hydrogen-bond acceptors (Lipinski definition) is 2. The van der Waals surface area contributed by atoms with E-state index in [1.165, 1.54) is 12.1 Å². The van der Waals surface area contributed by atoms with Gasteiger partial charge in [0.25, 0.3) is 0 Å². The molecule has 0 saturated heterocycles. The minimum absolute atomic E-state index is 0.112. The molecule has 0 aliphatic carbocycles. The molecule has 0 aliphatic rings. The second-order valence-corrected chi connectivity index (χ2v) is 4.57. The van der Waals surface area contributed by atoms with Crippen LogP contribution in [0.3, 0.4) is 0 Å². The van der Waals surface area contributed by atoms with Gasteiger partial charge in [0.15, 0.2) is 0 Å². The van der Waals surface area contributed by atoms with Crippen molar-refractivity contribution in [3.63, 3.8) is 0 Å². The lowest BCUT2D eigenvalue weighted by molar-refractivity contribution is -0.274. The Kier molecular flexibility index (Phi) is 5.02. The van der Waals surface area contributed by atoms with Crippen molar-refractivity contribution in [2.24, 2.45) is 5.73 Å². The number of hydrogen-bond donors (Lipinski definition) is 1. The molecular formula is C13H18F3NO. The topological polar surface area (TPSA) is 35.2 Å². The number of ether oxygens (including phenoxy) is 1. The zero-order valence-electron chi connectivity index (χ0n) is 10.6. The zero-order valence-corrected chi connectivity index (χ0v) is 10.6. The van der Waals surface area contributed by atoms with Gasteiger partial charge >= 0.3 is 6.36 Å². The maximum atomic E-state index is 12.1. The first kappa shape index (κ1) is 14.8. The van der Waals surface area contributed by atoms with Crippen LogP contribution in [-0.4, -0.2) is 12.4 Å². The summed E-state index contributed by atoms with van der Waals surface area (Å²) in [5.74, 6) is -0.154. The summed E-state index contributed by atoms with van der Waals surface area (Å²) in [7, 11) is 0. The predicted molar refractivity (Wildman–Crippen MR) is 64.4 cm³/mol. The third-order valence-electron chi connectivity index (χ3n) is 2.47. The smallest absolute Gasteiger partial charge is 0.406 e. The van der Waals surface area contributed by atoms with E-state index in [2.05, 4.69) is 4.74 Å². The summed E-state index contributed by atoms with van der Waals surface area (Å²) in [5.41, 5.74) is 7.23. The molecule has 0 spiro atoms. The summed E-state index contributed by atoms with van der Waals surface area (Å²) in [4.78, 5) is 0. The summed E-state index contributed by atoms with van der Waals surface area (Å²) in [6.45, 7) is 3.66. The molecule has 0 fully saturated rings. The van der Waals surface area contributed by atoms with Crippen LogP contribution in [0.1, 0.15) is 30.9 Å². The third kappa shape index (κ3) is 5.91. The van der Waals surface area contributed by atoms with Gasteiger partial charge in [0.05, 0.1) is 0 Å². The van der Waals surface area contributed by atoms with E-state index in [1.54, 1.807) is 6.92 Å². The van der Waals surface area contributed by atoms with Crippen LogP contribution in [0, 0.1) is 6.92 Å². The molecule has 0 bridgehead atoms. The van der Waals surface area contributed by atoms with Gasteiger partial charge in [-0.15, -0.1) is 13.2 Å². The molecule has 18 heavy (non-hydrogen) atoms. The highest BCUT2D eigenvalue weighted by molar-refractivity contribution is 5.34.